The molecule has 2 heterocycles. The van der Waals surface area contributed by atoms with Crippen LogP contribution < -0.4 is 0 Å². The van der Waals surface area contributed by atoms with Gasteiger partial charge < -0.3 is 14.3 Å². The highest BCUT2D eigenvalue weighted by Crippen LogP contribution is 2.39. The second-order valence-electron chi connectivity index (χ2n) is 7.70. The molecule has 136 valence electrons. The van der Waals surface area contributed by atoms with Gasteiger partial charge in [0, 0.05) is 50.9 Å². The van der Waals surface area contributed by atoms with Crippen LogP contribution in [0.2, 0.25) is 0 Å². The second-order valence-corrected chi connectivity index (χ2v) is 7.70. The summed E-state index contributed by atoms with van der Waals surface area (Å²) in [5.74, 6) is 3.18. The Morgan fingerprint density at radius 3 is 2.48 bits per heavy atom. The Morgan fingerprint density at radius 1 is 1.16 bits per heavy atom. The van der Waals surface area contributed by atoms with Gasteiger partial charge in [-0.25, -0.2) is 0 Å². The first-order valence-corrected chi connectivity index (χ1v) is 9.51. The molecule has 2 aliphatic carbocycles. The Bertz CT molecular complexity index is 647. The van der Waals surface area contributed by atoms with Crippen molar-refractivity contribution < 1.29 is 14.1 Å². The van der Waals surface area contributed by atoms with Crippen molar-refractivity contribution in [2.45, 2.75) is 51.4 Å². The maximum absolute atomic E-state index is 12.3. The molecule has 4 rings (SSSR count). The molecule has 0 spiro atoms. The first-order chi connectivity index (χ1) is 12.1. The van der Waals surface area contributed by atoms with Crippen molar-refractivity contribution in [1.29, 1.82) is 0 Å². The summed E-state index contributed by atoms with van der Waals surface area (Å²) < 4.78 is 5.24. The van der Waals surface area contributed by atoms with Crippen LogP contribution in [0.3, 0.4) is 0 Å². The van der Waals surface area contributed by atoms with Gasteiger partial charge in [-0.15, -0.1) is 0 Å². The van der Waals surface area contributed by atoms with E-state index in [1.807, 2.05) is 9.80 Å². The molecule has 0 radical (unpaired) electrons. The predicted octanol–water partition coefficient (Wildman–Crippen LogP) is 1.60. The quantitative estimate of drug-likeness (QED) is 0.782. The van der Waals surface area contributed by atoms with Crippen molar-refractivity contribution in [1.82, 2.24) is 19.9 Å². The monoisotopic (exact) mass is 346 g/mol. The molecular formula is C18H26N4O3. The van der Waals surface area contributed by atoms with Crippen LogP contribution in [-0.2, 0) is 16.0 Å². The zero-order valence-corrected chi connectivity index (χ0v) is 14.8. The zero-order valence-electron chi connectivity index (χ0n) is 14.8. The Morgan fingerprint density at radius 2 is 1.84 bits per heavy atom. The molecule has 1 saturated heterocycles. The van der Waals surface area contributed by atoms with Gasteiger partial charge in [0.25, 0.3) is 0 Å². The highest BCUT2D eigenvalue weighted by molar-refractivity contribution is 5.82. The van der Waals surface area contributed by atoms with Crippen LogP contribution >= 0.6 is 0 Å². The molecule has 3 fully saturated rings. The van der Waals surface area contributed by atoms with Crippen LogP contribution in [0.4, 0.5) is 0 Å². The molecule has 1 aliphatic heterocycles. The van der Waals surface area contributed by atoms with Gasteiger partial charge in [0.1, 0.15) is 0 Å². The summed E-state index contributed by atoms with van der Waals surface area (Å²) in [5.41, 5.74) is 0. The van der Waals surface area contributed by atoms with Crippen LogP contribution in [0, 0.1) is 11.8 Å². The van der Waals surface area contributed by atoms with Gasteiger partial charge in [-0.2, -0.15) is 4.98 Å². The third-order valence-electron chi connectivity index (χ3n) is 5.58. The minimum Gasteiger partial charge on any atom is -0.339 e. The van der Waals surface area contributed by atoms with Crippen LogP contribution in [0.5, 0.6) is 0 Å². The van der Waals surface area contributed by atoms with Crippen molar-refractivity contribution in [3.05, 3.63) is 11.7 Å². The van der Waals surface area contributed by atoms with E-state index in [4.69, 9.17) is 4.52 Å². The Kier molecular flexibility index (Phi) is 4.48. The van der Waals surface area contributed by atoms with Crippen molar-refractivity contribution in [3.63, 3.8) is 0 Å². The molecule has 2 amide bonds. The molecule has 7 heteroatoms. The van der Waals surface area contributed by atoms with E-state index in [-0.39, 0.29) is 17.7 Å². The number of hydrogen-bond donors (Lipinski definition) is 0. The molecule has 1 aromatic heterocycles. The predicted molar refractivity (Wildman–Crippen MR) is 89.6 cm³/mol. The molecule has 7 nitrogen and oxygen atoms in total. The van der Waals surface area contributed by atoms with Gasteiger partial charge in [-0.05, 0) is 31.6 Å². The lowest BCUT2D eigenvalue weighted by Gasteiger charge is -2.35. The summed E-state index contributed by atoms with van der Waals surface area (Å²) in [4.78, 5) is 32.8. The first kappa shape index (κ1) is 16.5. The average molecular weight is 346 g/mol. The number of amides is 2. The molecule has 0 unspecified atom stereocenters. The number of carbonyl (C=O) groups is 2. The van der Waals surface area contributed by atoms with Crippen molar-refractivity contribution in [3.8, 4) is 0 Å². The summed E-state index contributed by atoms with van der Waals surface area (Å²) in [6.45, 7) is 4.76. The minimum absolute atomic E-state index is 0.161. The molecule has 0 N–H and O–H groups in total. The van der Waals surface area contributed by atoms with Crippen LogP contribution in [-0.4, -0.2) is 57.9 Å². The van der Waals surface area contributed by atoms with Crippen LogP contribution in [0.25, 0.3) is 0 Å². The summed E-state index contributed by atoms with van der Waals surface area (Å²) in [6, 6.07) is 0. The normalized spacial score (nSPS) is 26.0. The van der Waals surface area contributed by atoms with Gasteiger partial charge >= 0.3 is 0 Å². The summed E-state index contributed by atoms with van der Waals surface area (Å²) in [5, 5.41) is 4.00. The van der Waals surface area contributed by atoms with E-state index in [0.717, 1.165) is 31.5 Å². The first-order valence-electron chi connectivity index (χ1n) is 9.51. The van der Waals surface area contributed by atoms with Gasteiger partial charge in [0.2, 0.25) is 17.7 Å². The lowest BCUT2D eigenvalue weighted by atomic mass is 10.2. The zero-order chi connectivity index (χ0) is 17.4. The van der Waals surface area contributed by atoms with Crippen molar-refractivity contribution in [2.24, 2.45) is 11.8 Å². The number of nitrogens with zero attached hydrogens (tertiary/aromatic N) is 4. The van der Waals surface area contributed by atoms with Gasteiger partial charge in [-0.3, -0.25) is 9.59 Å². The number of aryl methyl sites for hydroxylation is 1. The molecular weight excluding hydrogens is 320 g/mol. The maximum Gasteiger partial charge on any atom is 0.226 e. The fourth-order valence-electron chi connectivity index (χ4n) is 3.50. The van der Waals surface area contributed by atoms with Gasteiger partial charge in [0.05, 0.1) is 0 Å². The number of piperazine rings is 1. The maximum atomic E-state index is 12.3. The Hall–Kier alpha value is -1.92. The fraction of sp³-hybridized carbons (Fsp3) is 0.778. The lowest BCUT2D eigenvalue weighted by Crippen LogP contribution is -2.51. The number of rotatable bonds is 6. The average Bonchev–Trinajstić information content (AvgIpc) is 3.55. The number of aromatic nitrogens is 2. The summed E-state index contributed by atoms with van der Waals surface area (Å²) in [7, 11) is 0. The number of hydrogen-bond acceptors (Lipinski definition) is 5. The molecule has 3 aliphatic rings. The highest BCUT2D eigenvalue weighted by atomic mass is 16.5. The summed E-state index contributed by atoms with van der Waals surface area (Å²) in [6.07, 6.45) is 5.22. The number of carbonyl (C=O) groups excluding carboxylic acids is 2. The molecule has 25 heavy (non-hydrogen) atoms. The fourth-order valence-corrected chi connectivity index (χ4v) is 3.50. The largest absolute Gasteiger partial charge is 0.339 e. The van der Waals surface area contributed by atoms with E-state index in [2.05, 4.69) is 17.1 Å². The Balaban J connectivity index is 1.16. The van der Waals surface area contributed by atoms with Gasteiger partial charge in [0.15, 0.2) is 5.82 Å². The molecule has 0 aromatic carbocycles. The van der Waals surface area contributed by atoms with E-state index < -0.39 is 0 Å². The van der Waals surface area contributed by atoms with E-state index in [0.29, 0.717) is 56.7 Å². The van der Waals surface area contributed by atoms with Crippen molar-refractivity contribution >= 4 is 11.8 Å². The van der Waals surface area contributed by atoms with E-state index in [1.165, 1.54) is 0 Å². The SMILES string of the molecule is C[C@@H]1C[C@@H]1C(=O)N1CCN(C(=O)CCCc2nc(C3CC3)no2)CC1. The van der Waals surface area contributed by atoms with Crippen molar-refractivity contribution in [2.75, 3.05) is 26.2 Å². The molecule has 1 aromatic rings. The van der Waals surface area contributed by atoms with Crippen LogP contribution in [0.15, 0.2) is 4.52 Å². The van der Waals surface area contributed by atoms with E-state index in [1.54, 1.807) is 0 Å². The lowest BCUT2D eigenvalue weighted by molar-refractivity contribution is -0.140. The van der Waals surface area contributed by atoms with Gasteiger partial charge in [-0.1, -0.05) is 12.1 Å². The van der Waals surface area contributed by atoms with E-state index in [9.17, 15) is 9.59 Å². The Labute approximate surface area is 147 Å². The molecule has 2 saturated carbocycles. The molecule has 0 bridgehead atoms. The third-order valence-corrected chi connectivity index (χ3v) is 5.58. The highest BCUT2D eigenvalue weighted by Gasteiger charge is 2.42. The summed E-state index contributed by atoms with van der Waals surface area (Å²) >= 11 is 0. The van der Waals surface area contributed by atoms with Crippen LogP contribution in [0.1, 0.15) is 56.7 Å². The minimum atomic E-state index is 0.161. The molecule has 2 atom stereocenters. The smallest absolute Gasteiger partial charge is 0.226 e. The van der Waals surface area contributed by atoms with E-state index >= 15 is 0 Å². The topological polar surface area (TPSA) is 79.5 Å². The standard InChI is InChI=1S/C18H26N4O3/c1-12-11-14(12)18(24)22-9-7-21(8-10-22)16(23)4-2-3-15-19-17(20-25-15)13-5-6-13/h12-14H,2-11H2,1H3/t12-,14+/m1/s1. The second kappa shape index (κ2) is 6.77. The third kappa shape index (κ3) is 3.85.